The molecule has 19 heavy (non-hydrogen) atoms. The van der Waals surface area contributed by atoms with E-state index in [1.165, 1.54) is 6.33 Å². The summed E-state index contributed by atoms with van der Waals surface area (Å²) in [5.41, 5.74) is 5.20. The quantitative estimate of drug-likeness (QED) is 0.575. The third kappa shape index (κ3) is 2.60. The van der Waals surface area contributed by atoms with E-state index in [0.717, 1.165) is 15.6 Å². The summed E-state index contributed by atoms with van der Waals surface area (Å²) in [6.07, 6.45) is 4.74. The number of halogens is 1. The number of H-pyrrole nitrogens is 1. The molecule has 94 valence electrons. The number of hydrazone groups is 1. The lowest BCUT2D eigenvalue weighted by molar-refractivity contribution is 1.17. The fraction of sp³-hybridized carbons (Fsp3) is 0. The van der Waals surface area contributed by atoms with E-state index in [-0.39, 0.29) is 0 Å². The van der Waals surface area contributed by atoms with Crippen LogP contribution in [0.1, 0.15) is 5.56 Å². The minimum Gasteiger partial charge on any atom is -0.340 e. The monoisotopic (exact) mass is 316 g/mol. The second-order valence-corrected chi connectivity index (χ2v) is 4.66. The summed E-state index contributed by atoms with van der Waals surface area (Å²) < 4.78 is 1.03. The zero-order valence-electron chi connectivity index (χ0n) is 9.71. The molecule has 6 nitrogen and oxygen atoms in total. The SMILES string of the molecule is Brc1ccc(C=NNc2ncnc3nc[nH]c23)cc1. The Kier molecular flexibility index (Phi) is 3.20. The van der Waals surface area contributed by atoms with E-state index >= 15 is 0 Å². The Balaban J connectivity index is 1.78. The number of hydrogen-bond acceptors (Lipinski definition) is 5. The van der Waals surface area contributed by atoms with Gasteiger partial charge < -0.3 is 4.98 Å². The lowest BCUT2D eigenvalue weighted by Crippen LogP contribution is -1.95. The lowest BCUT2D eigenvalue weighted by Gasteiger charge is -1.99. The topological polar surface area (TPSA) is 78.8 Å². The van der Waals surface area contributed by atoms with Crippen LogP contribution in [0, 0.1) is 0 Å². The average molecular weight is 317 g/mol. The molecular formula is C12H9BrN6. The molecule has 2 aromatic heterocycles. The predicted molar refractivity (Wildman–Crippen MR) is 77.0 cm³/mol. The highest BCUT2D eigenvalue weighted by Gasteiger charge is 2.03. The van der Waals surface area contributed by atoms with Crippen molar-refractivity contribution in [3.63, 3.8) is 0 Å². The molecule has 0 unspecified atom stereocenters. The summed E-state index contributed by atoms with van der Waals surface area (Å²) in [7, 11) is 0. The van der Waals surface area contributed by atoms with Crippen molar-refractivity contribution in [3.05, 3.63) is 47.0 Å². The van der Waals surface area contributed by atoms with Gasteiger partial charge in [-0.3, -0.25) is 5.43 Å². The maximum Gasteiger partial charge on any atom is 0.182 e. The molecule has 0 radical (unpaired) electrons. The molecule has 0 spiro atoms. The molecular weight excluding hydrogens is 308 g/mol. The molecule has 0 aliphatic heterocycles. The number of fused-ring (bicyclic) bond motifs is 1. The van der Waals surface area contributed by atoms with Crippen molar-refractivity contribution >= 4 is 39.1 Å². The van der Waals surface area contributed by atoms with Crippen LogP contribution in [0.25, 0.3) is 11.2 Å². The molecule has 0 fully saturated rings. The maximum absolute atomic E-state index is 4.14. The summed E-state index contributed by atoms with van der Waals surface area (Å²) in [5.74, 6) is 0.593. The number of nitrogens with one attached hydrogen (secondary N) is 2. The highest BCUT2D eigenvalue weighted by molar-refractivity contribution is 9.10. The van der Waals surface area contributed by atoms with Gasteiger partial charge in [-0.25, -0.2) is 15.0 Å². The molecule has 0 amide bonds. The van der Waals surface area contributed by atoms with Crippen molar-refractivity contribution in [2.75, 3.05) is 5.43 Å². The van der Waals surface area contributed by atoms with Crippen molar-refractivity contribution in [2.24, 2.45) is 5.10 Å². The van der Waals surface area contributed by atoms with Crippen LogP contribution in [-0.4, -0.2) is 26.2 Å². The van der Waals surface area contributed by atoms with Crippen LogP contribution in [0.4, 0.5) is 5.82 Å². The van der Waals surface area contributed by atoms with Gasteiger partial charge in [0.05, 0.1) is 12.5 Å². The molecule has 2 heterocycles. The van der Waals surface area contributed by atoms with Gasteiger partial charge in [-0.15, -0.1) is 0 Å². The van der Waals surface area contributed by atoms with Gasteiger partial charge in [-0.1, -0.05) is 28.1 Å². The van der Waals surface area contributed by atoms with E-state index in [2.05, 4.69) is 46.4 Å². The van der Waals surface area contributed by atoms with Crippen LogP contribution in [0.3, 0.4) is 0 Å². The molecule has 1 aromatic carbocycles. The van der Waals surface area contributed by atoms with Crippen LogP contribution in [0.2, 0.25) is 0 Å². The maximum atomic E-state index is 4.14. The van der Waals surface area contributed by atoms with Gasteiger partial charge in [-0.05, 0) is 17.7 Å². The molecule has 0 atom stereocenters. The number of imidazole rings is 1. The number of hydrogen-bond donors (Lipinski definition) is 2. The molecule has 7 heteroatoms. The predicted octanol–water partition coefficient (Wildman–Crippen LogP) is 2.56. The smallest absolute Gasteiger partial charge is 0.182 e. The first-order chi connectivity index (χ1) is 9.33. The Morgan fingerprint density at radius 1 is 1.16 bits per heavy atom. The first-order valence-corrected chi connectivity index (χ1v) is 6.31. The Labute approximate surface area is 117 Å². The third-order valence-electron chi connectivity index (χ3n) is 2.48. The Bertz CT molecular complexity index is 718. The molecule has 0 aliphatic carbocycles. The highest BCUT2D eigenvalue weighted by Crippen LogP contribution is 2.14. The second-order valence-electron chi connectivity index (χ2n) is 3.74. The van der Waals surface area contributed by atoms with Crippen LogP contribution < -0.4 is 5.43 Å². The summed E-state index contributed by atoms with van der Waals surface area (Å²) in [5, 5.41) is 4.14. The highest BCUT2D eigenvalue weighted by atomic mass is 79.9. The standard InChI is InChI=1S/C12H9BrN6/c13-9-3-1-8(2-4-9)5-18-19-12-10-11(15-6-14-10)16-7-17-12/h1-7H,(H2,14,15,16,17,19). The van der Waals surface area contributed by atoms with Gasteiger partial charge in [0.25, 0.3) is 0 Å². The summed E-state index contributed by atoms with van der Waals surface area (Å²) in [6.45, 7) is 0. The van der Waals surface area contributed by atoms with E-state index in [1.807, 2.05) is 24.3 Å². The van der Waals surface area contributed by atoms with Gasteiger partial charge in [0.2, 0.25) is 0 Å². The van der Waals surface area contributed by atoms with E-state index in [4.69, 9.17) is 0 Å². The first-order valence-electron chi connectivity index (χ1n) is 5.51. The minimum atomic E-state index is 0.593. The first kappa shape index (κ1) is 11.8. The molecule has 0 aliphatic rings. The van der Waals surface area contributed by atoms with Crippen molar-refractivity contribution < 1.29 is 0 Å². The summed E-state index contributed by atoms with van der Waals surface area (Å²) in [4.78, 5) is 15.2. The van der Waals surface area contributed by atoms with Crippen molar-refractivity contribution in [1.29, 1.82) is 0 Å². The molecule has 2 N–H and O–H groups in total. The van der Waals surface area contributed by atoms with E-state index in [0.29, 0.717) is 11.5 Å². The normalized spacial score (nSPS) is 11.2. The van der Waals surface area contributed by atoms with Crippen molar-refractivity contribution in [3.8, 4) is 0 Å². The van der Waals surface area contributed by atoms with Gasteiger partial charge in [0.1, 0.15) is 11.8 Å². The fourth-order valence-electron chi connectivity index (χ4n) is 1.57. The van der Waals surface area contributed by atoms with Crippen LogP contribution in [0.15, 0.2) is 46.5 Å². The lowest BCUT2D eigenvalue weighted by atomic mass is 10.2. The van der Waals surface area contributed by atoms with Gasteiger partial charge in [0.15, 0.2) is 11.5 Å². The molecule has 3 aromatic rings. The van der Waals surface area contributed by atoms with Crippen molar-refractivity contribution in [1.82, 2.24) is 19.9 Å². The number of aromatic amines is 1. The Hall–Kier alpha value is -2.28. The molecule has 0 saturated heterocycles. The summed E-state index contributed by atoms with van der Waals surface area (Å²) >= 11 is 3.38. The van der Waals surface area contributed by atoms with Gasteiger partial charge >= 0.3 is 0 Å². The number of rotatable bonds is 3. The average Bonchev–Trinajstić information content (AvgIpc) is 2.90. The van der Waals surface area contributed by atoms with Gasteiger partial charge in [-0.2, -0.15) is 5.10 Å². The van der Waals surface area contributed by atoms with Crippen molar-refractivity contribution in [2.45, 2.75) is 0 Å². The zero-order chi connectivity index (χ0) is 13.1. The van der Waals surface area contributed by atoms with E-state index in [9.17, 15) is 0 Å². The van der Waals surface area contributed by atoms with Crippen LogP contribution in [0.5, 0.6) is 0 Å². The number of anilines is 1. The summed E-state index contributed by atoms with van der Waals surface area (Å²) in [6, 6.07) is 7.83. The van der Waals surface area contributed by atoms with E-state index < -0.39 is 0 Å². The molecule has 3 rings (SSSR count). The van der Waals surface area contributed by atoms with E-state index in [1.54, 1.807) is 12.5 Å². The Morgan fingerprint density at radius 3 is 2.84 bits per heavy atom. The molecule has 0 saturated carbocycles. The number of nitrogens with zero attached hydrogens (tertiary/aromatic N) is 4. The number of benzene rings is 1. The Morgan fingerprint density at radius 2 is 2.00 bits per heavy atom. The fourth-order valence-corrected chi connectivity index (χ4v) is 1.83. The number of aromatic nitrogens is 4. The van der Waals surface area contributed by atoms with Gasteiger partial charge in [0, 0.05) is 4.47 Å². The molecule has 0 bridgehead atoms. The largest absolute Gasteiger partial charge is 0.340 e. The van der Waals surface area contributed by atoms with Crippen LogP contribution in [-0.2, 0) is 0 Å². The van der Waals surface area contributed by atoms with Crippen LogP contribution >= 0.6 is 15.9 Å². The minimum absolute atomic E-state index is 0.593. The zero-order valence-corrected chi connectivity index (χ0v) is 11.3. The second kappa shape index (κ2) is 5.15. The third-order valence-corrected chi connectivity index (χ3v) is 3.01.